The molecule has 3 nitrogen and oxygen atoms in total. The van der Waals surface area contributed by atoms with Gasteiger partial charge in [-0.3, -0.25) is 4.79 Å². The highest BCUT2D eigenvalue weighted by Crippen LogP contribution is 2.18. The third-order valence-corrected chi connectivity index (χ3v) is 3.49. The zero-order valence-electron chi connectivity index (χ0n) is 12.0. The predicted molar refractivity (Wildman–Crippen MR) is 85.5 cm³/mol. The topological polar surface area (TPSA) is 32.3 Å². The van der Waals surface area contributed by atoms with Gasteiger partial charge in [-0.15, -0.1) is 12.4 Å². The molecule has 6 heteroatoms. The Morgan fingerprint density at radius 3 is 2.70 bits per heavy atom. The van der Waals surface area contributed by atoms with Gasteiger partial charge in [-0.1, -0.05) is 22.9 Å². The summed E-state index contributed by atoms with van der Waals surface area (Å²) in [7, 11) is 1.81. The van der Waals surface area contributed by atoms with Crippen molar-refractivity contribution in [2.75, 3.05) is 20.1 Å². The van der Waals surface area contributed by atoms with Crippen LogP contribution in [-0.2, 0) is 11.3 Å². The Kier molecular flexibility index (Phi) is 9.01. The van der Waals surface area contributed by atoms with Crippen molar-refractivity contribution in [3.05, 3.63) is 34.1 Å². The number of nitrogens with zero attached hydrogens (tertiary/aromatic N) is 1. The van der Waals surface area contributed by atoms with Crippen LogP contribution in [0.25, 0.3) is 0 Å². The van der Waals surface area contributed by atoms with Crippen LogP contribution in [0.5, 0.6) is 0 Å². The minimum absolute atomic E-state index is 0. The number of carbonyl (C=O) groups is 1. The Morgan fingerprint density at radius 2 is 2.15 bits per heavy atom. The lowest BCUT2D eigenvalue weighted by Crippen LogP contribution is -2.38. The molecule has 1 unspecified atom stereocenters. The fraction of sp³-hybridized carbons (Fsp3) is 0.500. The smallest absolute Gasteiger partial charge is 0.226 e. The molecule has 0 aliphatic carbocycles. The molecule has 1 rings (SSSR count). The second-order valence-electron chi connectivity index (χ2n) is 4.55. The minimum Gasteiger partial charge on any atom is -0.338 e. The summed E-state index contributed by atoms with van der Waals surface area (Å²) in [5.74, 6) is -0.355. The monoisotopic (exact) mass is 366 g/mol. The van der Waals surface area contributed by atoms with Crippen molar-refractivity contribution in [3.8, 4) is 0 Å². The molecule has 0 aliphatic heterocycles. The maximum Gasteiger partial charge on any atom is 0.226 e. The first-order valence-electron chi connectivity index (χ1n) is 6.36. The molecule has 20 heavy (non-hydrogen) atoms. The molecular formula is C14H21BrClFN2O. The first-order chi connectivity index (χ1) is 8.99. The average Bonchev–Trinajstić information content (AvgIpc) is 2.39. The molecule has 0 heterocycles. The normalized spacial score (nSPS) is 11.7. The van der Waals surface area contributed by atoms with E-state index >= 15 is 0 Å². The molecule has 1 atom stereocenters. The van der Waals surface area contributed by atoms with Gasteiger partial charge >= 0.3 is 0 Å². The maximum atomic E-state index is 13.7. The number of benzene rings is 1. The first-order valence-corrected chi connectivity index (χ1v) is 7.16. The van der Waals surface area contributed by atoms with Gasteiger partial charge < -0.3 is 10.2 Å². The number of hydrogen-bond donors (Lipinski definition) is 1. The Labute approximate surface area is 134 Å². The average molecular weight is 368 g/mol. The standard InChI is InChI=1S/C14H20BrFN2O.ClH/c1-4-18(14(19)10(2)8-17-3)9-11-7-12(15)5-6-13(11)16;/h5-7,10,17H,4,8-9H2,1-3H3;1H. The summed E-state index contributed by atoms with van der Waals surface area (Å²) in [5, 5.41) is 2.98. The van der Waals surface area contributed by atoms with Crippen LogP contribution in [0.4, 0.5) is 4.39 Å². The number of nitrogens with one attached hydrogen (secondary N) is 1. The lowest BCUT2D eigenvalue weighted by molar-refractivity contribution is -0.135. The van der Waals surface area contributed by atoms with Gasteiger partial charge in [-0.05, 0) is 32.2 Å². The van der Waals surface area contributed by atoms with Crippen LogP contribution in [0.15, 0.2) is 22.7 Å². The summed E-state index contributed by atoms with van der Waals surface area (Å²) in [5.41, 5.74) is 0.529. The Bertz CT molecular complexity index is 445. The van der Waals surface area contributed by atoms with Crippen molar-refractivity contribution in [2.24, 2.45) is 5.92 Å². The van der Waals surface area contributed by atoms with E-state index < -0.39 is 0 Å². The highest BCUT2D eigenvalue weighted by molar-refractivity contribution is 9.10. The molecule has 0 fully saturated rings. The molecule has 0 saturated heterocycles. The largest absolute Gasteiger partial charge is 0.338 e. The number of carbonyl (C=O) groups excluding carboxylic acids is 1. The van der Waals surface area contributed by atoms with E-state index in [1.165, 1.54) is 6.07 Å². The first kappa shape index (κ1) is 19.4. The molecular weight excluding hydrogens is 347 g/mol. The van der Waals surface area contributed by atoms with E-state index in [2.05, 4.69) is 21.2 Å². The van der Waals surface area contributed by atoms with Gasteiger partial charge in [0.25, 0.3) is 0 Å². The molecule has 1 amide bonds. The van der Waals surface area contributed by atoms with Gasteiger partial charge in [-0.2, -0.15) is 0 Å². The number of hydrogen-bond acceptors (Lipinski definition) is 2. The molecule has 1 aromatic carbocycles. The second kappa shape index (κ2) is 9.32. The maximum absolute atomic E-state index is 13.7. The zero-order valence-corrected chi connectivity index (χ0v) is 14.4. The third-order valence-electron chi connectivity index (χ3n) is 2.99. The Hall–Kier alpha value is -0.650. The molecule has 0 aromatic heterocycles. The van der Waals surface area contributed by atoms with Crippen molar-refractivity contribution in [2.45, 2.75) is 20.4 Å². The molecule has 0 saturated carbocycles. The van der Waals surface area contributed by atoms with Gasteiger partial charge in [0.15, 0.2) is 0 Å². The van der Waals surface area contributed by atoms with Crippen molar-refractivity contribution in [3.63, 3.8) is 0 Å². The number of rotatable bonds is 6. The Morgan fingerprint density at radius 1 is 1.50 bits per heavy atom. The van der Waals surface area contributed by atoms with E-state index in [0.717, 1.165) is 4.47 Å². The molecule has 0 bridgehead atoms. The number of amides is 1. The van der Waals surface area contributed by atoms with Crippen LogP contribution in [0, 0.1) is 11.7 Å². The fourth-order valence-corrected chi connectivity index (χ4v) is 2.33. The summed E-state index contributed by atoms with van der Waals surface area (Å²) in [6.07, 6.45) is 0. The molecule has 114 valence electrons. The molecule has 0 aliphatic rings. The Balaban J connectivity index is 0.00000361. The van der Waals surface area contributed by atoms with Gasteiger partial charge in [0.1, 0.15) is 5.82 Å². The van der Waals surface area contributed by atoms with Crippen molar-refractivity contribution in [1.29, 1.82) is 0 Å². The lowest BCUT2D eigenvalue weighted by Gasteiger charge is -2.24. The van der Waals surface area contributed by atoms with Crippen molar-refractivity contribution < 1.29 is 9.18 Å². The SMILES string of the molecule is CCN(Cc1cc(Br)ccc1F)C(=O)C(C)CNC.Cl. The summed E-state index contributed by atoms with van der Waals surface area (Å²) in [6, 6.07) is 4.78. The van der Waals surface area contributed by atoms with Crippen LogP contribution in [0.2, 0.25) is 0 Å². The predicted octanol–water partition coefficient (Wildman–Crippen LogP) is 3.21. The summed E-state index contributed by atoms with van der Waals surface area (Å²) in [6.45, 7) is 5.27. The highest BCUT2D eigenvalue weighted by atomic mass is 79.9. The van der Waals surface area contributed by atoms with Crippen molar-refractivity contribution >= 4 is 34.2 Å². The van der Waals surface area contributed by atoms with Gasteiger partial charge in [0, 0.05) is 35.6 Å². The summed E-state index contributed by atoms with van der Waals surface area (Å²) >= 11 is 3.32. The van der Waals surface area contributed by atoms with Crippen LogP contribution < -0.4 is 5.32 Å². The van der Waals surface area contributed by atoms with Gasteiger partial charge in [0.05, 0.1) is 0 Å². The van der Waals surface area contributed by atoms with E-state index in [1.807, 2.05) is 20.9 Å². The van der Waals surface area contributed by atoms with Crippen LogP contribution in [0.3, 0.4) is 0 Å². The fourth-order valence-electron chi connectivity index (χ4n) is 1.92. The van der Waals surface area contributed by atoms with E-state index in [1.54, 1.807) is 17.0 Å². The van der Waals surface area contributed by atoms with Crippen LogP contribution >= 0.6 is 28.3 Å². The molecule has 1 N–H and O–H groups in total. The van der Waals surface area contributed by atoms with E-state index in [0.29, 0.717) is 25.2 Å². The number of halogens is 3. The lowest BCUT2D eigenvalue weighted by atomic mass is 10.1. The van der Waals surface area contributed by atoms with Crippen molar-refractivity contribution in [1.82, 2.24) is 10.2 Å². The minimum atomic E-state index is -0.282. The van der Waals surface area contributed by atoms with Gasteiger partial charge in [-0.25, -0.2) is 4.39 Å². The molecule has 0 spiro atoms. The molecule has 1 aromatic rings. The van der Waals surface area contributed by atoms with Crippen LogP contribution in [0.1, 0.15) is 19.4 Å². The van der Waals surface area contributed by atoms with E-state index in [-0.39, 0.29) is 30.0 Å². The van der Waals surface area contributed by atoms with Gasteiger partial charge in [0.2, 0.25) is 5.91 Å². The second-order valence-corrected chi connectivity index (χ2v) is 5.46. The van der Waals surface area contributed by atoms with Crippen LogP contribution in [-0.4, -0.2) is 30.9 Å². The molecule has 0 radical (unpaired) electrons. The van der Waals surface area contributed by atoms with E-state index in [4.69, 9.17) is 0 Å². The summed E-state index contributed by atoms with van der Waals surface area (Å²) < 4.78 is 14.5. The quantitative estimate of drug-likeness (QED) is 0.837. The zero-order chi connectivity index (χ0) is 14.4. The third kappa shape index (κ3) is 5.38. The van der Waals surface area contributed by atoms with E-state index in [9.17, 15) is 9.18 Å². The highest BCUT2D eigenvalue weighted by Gasteiger charge is 2.19. The summed E-state index contributed by atoms with van der Waals surface area (Å²) in [4.78, 5) is 13.9.